The van der Waals surface area contributed by atoms with Gasteiger partial charge in [-0.2, -0.15) is 5.26 Å². The summed E-state index contributed by atoms with van der Waals surface area (Å²) >= 11 is 12.6. The number of hydrogen-bond donors (Lipinski definition) is 2. The molecule has 0 aromatic heterocycles. The quantitative estimate of drug-likeness (QED) is 0.401. The van der Waals surface area contributed by atoms with Gasteiger partial charge in [0.25, 0.3) is 0 Å². The first kappa shape index (κ1) is 28.2. The van der Waals surface area contributed by atoms with Gasteiger partial charge in [0.1, 0.15) is 5.41 Å². The molecule has 1 heterocycles. The summed E-state index contributed by atoms with van der Waals surface area (Å²) in [6, 6.07) is 16.0. The molecule has 2 aromatic rings. The van der Waals surface area contributed by atoms with Crippen molar-refractivity contribution in [2.45, 2.75) is 70.9 Å². The van der Waals surface area contributed by atoms with Crippen LogP contribution >= 0.6 is 23.2 Å². The van der Waals surface area contributed by atoms with Crippen molar-refractivity contribution in [1.82, 2.24) is 5.32 Å². The lowest BCUT2D eigenvalue weighted by Gasteiger charge is -2.37. The normalized spacial score (nSPS) is 24.9. The maximum atomic E-state index is 13.8. The highest BCUT2D eigenvalue weighted by atomic mass is 35.5. The van der Waals surface area contributed by atoms with Crippen molar-refractivity contribution in [3.05, 3.63) is 69.7 Å². The lowest BCUT2D eigenvalue weighted by molar-refractivity contribution is -0.145. The highest BCUT2D eigenvalue weighted by Gasteiger charge is 2.59. The van der Waals surface area contributed by atoms with E-state index in [0.717, 1.165) is 11.1 Å². The molecule has 5 nitrogen and oxygen atoms in total. The highest BCUT2D eigenvalue weighted by molar-refractivity contribution is 6.30. The molecule has 36 heavy (non-hydrogen) atoms. The fourth-order valence-electron chi connectivity index (χ4n) is 5.46. The van der Waals surface area contributed by atoms with E-state index in [1.807, 2.05) is 24.3 Å². The van der Waals surface area contributed by atoms with Gasteiger partial charge in [-0.25, -0.2) is 0 Å². The minimum atomic E-state index is -1.11. The number of benzene rings is 2. The molecule has 0 bridgehead atoms. The molecule has 2 aromatic carbocycles. The zero-order valence-electron chi connectivity index (χ0n) is 21.4. The van der Waals surface area contributed by atoms with Crippen molar-refractivity contribution < 1.29 is 14.7 Å². The molecule has 5 atom stereocenters. The summed E-state index contributed by atoms with van der Waals surface area (Å²) in [6.07, 6.45) is 0.503. The Morgan fingerprint density at radius 2 is 1.75 bits per heavy atom. The number of carbonyl (C=O) groups excluding carboxylic acids is 1. The Morgan fingerprint density at radius 1 is 1.11 bits per heavy atom. The van der Waals surface area contributed by atoms with Crippen LogP contribution in [0.15, 0.2) is 48.5 Å². The Morgan fingerprint density at radius 3 is 2.25 bits per heavy atom. The van der Waals surface area contributed by atoms with Gasteiger partial charge in [-0.1, -0.05) is 82.1 Å². The minimum Gasteiger partial charge on any atom is -0.481 e. The number of nitrogens with one attached hydrogen (secondary N) is 1. The van der Waals surface area contributed by atoms with E-state index >= 15 is 0 Å². The maximum Gasteiger partial charge on any atom is 0.307 e. The molecule has 0 unspecified atom stereocenters. The number of Topliss-reactive ketones (excluding diaryl/α,β-unsaturated/α-hetero) is 1. The monoisotopic (exact) mass is 528 g/mol. The highest BCUT2D eigenvalue weighted by Crippen LogP contribution is 2.52. The zero-order chi connectivity index (χ0) is 26.8. The molecule has 1 aliphatic heterocycles. The summed E-state index contributed by atoms with van der Waals surface area (Å²) in [5, 5.41) is 25.2. The SMILES string of the molecule is CC(C)[C@H](CC(=O)[C@@H]1N[C@@H](CC(C)(C)C)[C@](C#N)(c2ccc(Cl)cc2)[C@H]1c1cccc(Cl)c1)C(=O)O. The number of carboxylic acids is 1. The van der Waals surface area contributed by atoms with E-state index in [2.05, 4.69) is 32.2 Å². The number of aliphatic carboxylic acids is 1. The number of halogens is 2. The summed E-state index contributed by atoms with van der Waals surface area (Å²) in [7, 11) is 0. The van der Waals surface area contributed by atoms with Crippen LogP contribution in [0.3, 0.4) is 0 Å². The minimum absolute atomic E-state index is 0.119. The predicted octanol–water partition coefficient (Wildman–Crippen LogP) is 6.63. The predicted molar refractivity (Wildman–Crippen MR) is 143 cm³/mol. The molecule has 0 saturated carbocycles. The Kier molecular flexibility index (Phi) is 8.55. The summed E-state index contributed by atoms with van der Waals surface area (Å²) < 4.78 is 0. The fourth-order valence-corrected chi connectivity index (χ4v) is 5.79. The van der Waals surface area contributed by atoms with Crippen LogP contribution in [0, 0.1) is 28.6 Å². The molecular formula is C29H34Cl2N2O3. The van der Waals surface area contributed by atoms with Gasteiger partial charge >= 0.3 is 5.97 Å². The third-order valence-corrected chi connectivity index (χ3v) is 7.66. The molecule has 7 heteroatoms. The van der Waals surface area contributed by atoms with E-state index in [4.69, 9.17) is 23.2 Å². The Hall–Kier alpha value is -2.39. The zero-order valence-corrected chi connectivity index (χ0v) is 22.9. The fraction of sp³-hybridized carbons (Fsp3) is 0.483. The smallest absolute Gasteiger partial charge is 0.307 e. The van der Waals surface area contributed by atoms with Gasteiger partial charge in [0.2, 0.25) is 0 Å². The van der Waals surface area contributed by atoms with Crippen LogP contribution in [0.1, 0.15) is 64.5 Å². The second-order valence-electron chi connectivity index (χ2n) is 11.3. The van der Waals surface area contributed by atoms with E-state index in [1.165, 1.54) is 0 Å². The molecule has 1 saturated heterocycles. The Labute approximate surface area is 223 Å². The molecule has 192 valence electrons. The van der Waals surface area contributed by atoms with Crippen LogP contribution in [-0.2, 0) is 15.0 Å². The van der Waals surface area contributed by atoms with E-state index < -0.39 is 29.3 Å². The number of ketones is 1. The molecule has 1 aliphatic rings. The molecule has 3 rings (SSSR count). The molecule has 0 amide bonds. The Balaban J connectivity index is 2.24. The maximum absolute atomic E-state index is 13.8. The number of nitrogens with zero attached hydrogens (tertiary/aromatic N) is 1. The lowest BCUT2D eigenvalue weighted by atomic mass is 9.62. The van der Waals surface area contributed by atoms with Gasteiger partial charge in [-0.05, 0) is 53.1 Å². The van der Waals surface area contributed by atoms with E-state index in [0.29, 0.717) is 16.5 Å². The lowest BCUT2D eigenvalue weighted by Crippen LogP contribution is -2.44. The van der Waals surface area contributed by atoms with Gasteiger partial charge in [0, 0.05) is 28.4 Å². The average molecular weight is 530 g/mol. The van der Waals surface area contributed by atoms with Gasteiger partial charge in [0.05, 0.1) is 18.0 Å². The van der Waals surface area contributed by atoms with Crippen LogP contribution in [0.25, 0.3) is 0 Å². The number of carboxylic acid groups (broad SMARTS) is 1. The third kappa shape index (κ3) is 5.78. The summed E-state index contributed by atoms with van der Waals surface area (Å²) in [6.45, 7) is 9.90. The largest absolute Gasteiger partial charge is 0.481 e. The van der Waals surface area contributed by atoms with E-state index in [1.54, 1.807) is 38.1 Å². The van der Waals surface area contributed by atoms with Crippen molar-refractivity contribution >= 4 is 35.0 Å². The molecular weight excluding hydrogens is 495 g/mol. The first-order valence-electron chi connectivity index (χ1n) is 12.2. The summed E-state index contributed by atoms with van der Waals surface area (Å²) in [5.41, 5.74) is 0.261. The van der Waals surface area contributed by atoms with Gasteiger partial charge < -0.3 is 10.4 Å². The Bertz CT molecular complexity index is 1150. The molecule has 0 aliphatic carbocycles. The molecule has 0 spiro atoms. The average Bonchev–Trinajstić information content (AvgIpc) is 3.10. The van der Waals surface area contributed by atoms with Crippen molar-refractivity contribution in [3.8, 4) is 6.07 Å². The van der Waals surface area contributed by atoms with E-state index in [9.17, 15) is 20.0 Å². The second-order valence-corrected chi connectivity index (χ2v) is 12.2. The summed E-state index contributed by atoms with van der Waals surface area (Å²) in [4.78, 5) is 25.8. The van der Waals surface area contributed by atoms with Crippen LogP contribution in [0.4, 0.5) is 0 Å². The van der Waals surface area contributed by atoms with Crippen molar-refractivity contribution in [2.75, 3.05) is 0 Å². The van der Waals surface area contributed by atoms with Crippen LogP contribution < -0.4 is 5.32 Å². The van der Waals surface area contributed by atoms with Crippen LogP contribution in [-0.4, -0.2) is 28.9 Å². The first-order valence-corrected chi connectivity index (χ1v) is 13.0. The van der Waals surface area contributed by atoms with Crippen molar-refractivity contribution in [1.29, 1.82) is 5.26 Å². The summed E-state index contributed by atoms with van der Waals surface area (Å²) in [5.74, 6) is -2.81. The van der Waals surface area contributed by atoms with Gasteiger partial charge in [-0.3, -0.25) is 9.59 Å². The first-order chi connectivity index (χ1) is 16.8. The standard InChI is InChI=1S/C29H34Cl2N2O3/c1-17(2)22(27(35)36)14-23(34)26-25(18-7-6-8-21(31)13-18)29(16-32,19-9-11-20(30)12-10-19)24(33-26)15-28(3,4)5/h6-13,17,22,24-26,33H,14-15H2,1-5H3,(H,35,36)/t22-,24-,25-,26-,29-/m0/s1. The van der Waals surface area contributed by atoms with Crippen molar-refractivity contribution in [3.63, 3.8) is 0 Å². The van der Waals surface area contributed by atoms with Crippen LogP contribution in [0.2, 0.25) is 10.0 Å². The molecule has 0 radical (unpaired) electrons. The number of rotatable bonds is 8. The topological polar surface area (TPSA) is 90.2 Å². The molecule has 2 N–H and O–H groups in total. The van der Waals surface area contributed by atoms with Crippen molar-refractivity contribution in [2.24, 2.45) is 17.3 Å². The van der Waals surface area contributed by atoms with Crippen LogP contribution in [0.5, 0.6) is 0 Å². The molecule has 1 fully saturated rings. The third-order valence-electron chi connectivity index (χ3n) is 7.18. The van der Waals surface area contributed by atoms with E-state index in [-0.39, 0.29) is 29.6 Å². The second kappa shape index (κ2) is 10.9. The number of carbonyl (C=O) groups is 2. The van der Waals surface area contributed by atoms with Gasteiger partial charge in [0.15, 0.2) is 5.78 Å². The van der Waals surface area contributed by atoms with Gasteiger partial charge in [-0.15, -0.1) is 0 Å². The number of hydrogen-bond acceptors (Lipinski definition) is 4. The number of nitriles is 1.